The number of aromatic nitrogens is 2. The zero-order valence-corrected chi connectivity index (χ0v) is 8.96. The number of nitrogens with zero attached hydrogens (tertiary/aromatic N) is 2. The van der Waals surface area contributed by atoms with Crippen LogP contribution in [0.1, 0.15) is 0 Å². The van der Waals surface area contributed by atoms with Gasteiger partial charge in [0.1, 0.15) is 0 Å². The predicted molar refractivity (Wildman–Crippen MR) is 53.9 cm³/mol. The third-order valence-electron chi connectivity index (χ3n) is 2.16. The second-order valence-corrected chi connectivity index (χ2v) is 3.22. The van der Waals surface area contributed by atoms with Crippen molar-refractivity contribution in [3.8, 4) is 11.4 Å². The van der Waals surface area contributed by atoms with E-state index in [1.165, 1.54) is 22.0 Å². The van der Waals surface area contributed by atoms with Crippen LogP contribution in [0.4, 0.5) is 0 Å². The monoisotopic (exact) mass is 252 g/mol. The van der Waals surface area contributed by atoms with E-state index >= 15 is 0 Å². The smallest absolute Gasteiger partial charge is 0.167 e. The van der Waals surface area contributed by atoms with Gasteiger partial charge in [-0.15, -0.1) is 18.8 Å². The molecule has 2 heterocycles. The summed E-state index contributed by atoms with van der Waals surface area (Å²) >= 11 is 0. The van der Waals surface area contributed by atoms with E-state index in [0.29, 0.717) is 0 Å². The minimum absolute atomic E-state index is 0.747. The van der Waals surface area contributed by atoms with Gasteiger partial charge in [-0.25, -0.2) is 0 Å². The number of hydrogen-bond donors (Lipinski definition) is 0. The number of rotatable bonds is 2. The van der Waals surface area contributed by atoms with E-state index in [1.807, 2.05) is 0 Å². The zero-order valence-electron chi connectivity index (χ0n) is 8.96. The molecule has 1 aromatic carbocycles. The van der Waals surface area contributed by atoms with Crippen molar-refractivity contribution in [2.75, 3.05) is 0 Å². The summed E-state index contributed by atoms with van der Waals surface area (Å²) in [5.41, 5.74) is 1.49. The van der Waals surface area contributed by atoms with Crippen molar-refractivity contribution in [1.29, 1.82) is 0 Å². The van der Waals surface area contributed by atoms with Gasteiger partial charge in [0, 0.05) is 0 Å². The first-order valence-electron chi connectivity index (χ1n) is 4.95. The summed E-state index contributed by atoms with van der Waals surface area (Å²) in [6.07, 6.45) is 5.82. The highest BCUT2D eigenvalue weighted by molar-refractivity contribution is 5.39. The van der Waals surface area contributed by atoms with Crippen LogP contribution in [0.25, 0.3) is 11.4 Å². The van der Waals surface area contributed by atoms with E-state index in [4.69, 9.17) is 9.36 Å². The fraction of sp³-hybridized carbons (Fsp3) is 0. The van der Waals surface area contributed by atoms with Crippen molar-refractivity contribution in [1.82, 2.24) is 9.48 Å². The van der Waals surface area contributed by atoms with Gasteiger partial charge in [-0.2, -0.15) is 0 Å². The highest BCUT2D eigenvalue weighted by atomic mass is 17.3. The SMILES string of the molecule is c1cn(-c2ccc(-n3ccooo3)cc2)ooo1. The Morgan fingerprint density at radius 1 is 0.667 bits per heavy atom. The molecule has 0 unspecified atom stereocenters. The molecule has 2 aromatic heterocycles. The molecule has 0 N–H and O–H groups in total. The lowest BCUT2D eigenvalue weighted by Crippen LogP contribution is -1.96. The molecule has 0 spiro atoms. The van der Waals surface area contributed by atoms with Crippen LogP contribution in [0.2, 0.25) is 0 Å². The van der Waals surface area contributed by atoms with E-state index in [9.17, 15) is 0 Å². The van der Waals surface area contributed by atoms with Crippen LogP contribution in [0.15, 0.2) is 77.2 Å². The van der Waals surface area contributed by atoms with E-state index in [0.717, 1.165) is 11.4 Å². The summed E-state index contributed by atoms with van der Waals surface area (Å²) < 4.78 is 29.9. The summed E-state index contributed by atoms with van der Waals surface area (Å²) in [7, 11) is 0. The third kappa shape index (κ3) is 1.98. The molecular weight excluding hydrogens is 244 g/mol. The minimum Gasteiger partial charge on any atom is -0.257 e. The van der Waals surface area contributed by atoms with Crippen LogP contribution in [0, 0.1) is 0 Å². The van der Waals surface area contributed by atoms with Crippen LogP contribution in [0.5, 0.6) is 0 Å². The second kappa shape index (κ2) is 4.53. The molecule has 0 aliphatic rings. The van der Waals surface area contributed by atoms with Gasteiger partial charge < -0.3 is 0 Å². The van der Waals surface area contributed by atoms with Crippen LogP contribution in [-0.2, 0) is 0 Å². The Hall–Kier alpha value is -2.90. The van der Waals surface area contributed by atoms with E-state index in [2.05, 4.69) is 18.6 Å². The van der Waals surface area contributed by atoms with E-state index in [-0.39, 0.29) is 0 Å². The van der Waals surface area contributed by atoms with Crippen molar-refractivity contribution < 1.29 is 28.0 Å². The molecule has 3 rings (SSSR count). The molecule has 0 amide bonds. The van der Waals surface area contributed by atoms with Gasteiger partial charge in [0.15, 0.2) is 12.5 Å². The first-order chi connectivity index (χ1) is 8.93. The molecule has 0 saturated carbocycles. The Kier molecular flexibility index (Phi) is 2.59. The lowest BCUT2D eigenvalue weighted by atomic mass is 10.3. The van der Waals surface area contributed by atoms with Gasteiger partial charge in [-0.3, -0.25) is 9.15 Å². The molecule has 3 aromatic rings. The van der Waals surface area contributed by atoms with Gasteiger partial charge in [-0.05, 0) is 24.3 Å². The normalized spacial score (nSPS) is 10.2. The maximum Gasteiger partial charge on any atom is 0.167 e. The van der Waals surface area contributed by atoms with Crippen molar-refractivity contribution >= 4 is 0 Å². The molecule has 0 saturated heterocycles. The van der Waals surface area contributed by atoms with Gasteiger partial charge in [0.25, 0.3) is 0 Å². The second-order valence-electron chi connectivity index (χ2n) is 3.22. The van der Waals surface area contributed by atoms with E-state index in [1.54, 1.807) is 36.7 Å². The molecule has 18 heavy (non-hydrogen) atoms. The summed E-state index contributed by atoms with van der Waals surface area (Å²) in [6, 6.07) is 7.17. The largest absolute Gasteiger partial charge is 0.257 e. The van der Waals surface area contributed by atoms with Gasteiger partial charge in [0.2, 0.25) is 0 Å². The Morgan fingerprint density at radius 2 is 1.11 bits per heavy atom. The van der Waals surface area contributed by atoms with Crippen molar-refractivity contribution in [2.24, 2.45) is 0 Å². The molecular formula is C10H8N2O6. The van der Waals surface area contributed by atoms with Gasteiger partial charge >= 0.3 is 0 Å². The molecule has 0 aliphatic heterocycles. The lowest BCUT2D eigenvalue weighted by Gasteiger charge is -2.03. The Labute approximate surface area is 98.8 Å². The number of hydrogen-bond acceptors (Lipinski definition) is 6. The standard InChI is InChI=1S/C10H8N2O6/c1-2-10(12-6-8-14-18-16-12)4-3-9(1)11-5-7-13-17-15-11/h1-8H. The van der Waals surface area contributed by atoms with Crippen molar-refractivity contribution in [3.05, 3.63) is 49.2 Å². The molecule has 8 nitrogen and oxygen atoms in total. The summed E-state index contributed by atoms with van der Waals surface area (Å²) in [5, 5.41) is 0. The van der Waals surface area contributed by atoms with Crippen molar-refractivity contribution in [2.45, 2.75) is 0 Å². The molecule has 0 atom stereocenters. The summed E-state index contributed by atoms with van der Waals surface area (Å²) in [5.74, 6) is 0. The highest BCUT2D eigenvalue weighted by Crippen LogP contribution is 2.12. The van der Waals surface area contributed by atoms with Crippen LogP contribution in [-0.4, -0.2) is 9.48 Å². The highest BCUT2D eigenvalue weighted by Gasteiger charge is 2.00. The zero-order chi connectivity index (χ0) is 12.2. The average molecular weight is 252 g/mol. The Morgan fingerprint density at radius 3 is 1.44 bits per heavy atom. The summed E-state index contributed by atoms with van der Waals surface area (Å²) in [6.45, 7) is 0. The lowest BCUT2D eigenvalue weighted by molar-refractivity contribution is -0.229. The predicted octanol–water partition coefficient (Wildman–Crippen LogP) is 3.07. The minimum atomic E-state index is 0.747. The Bertz CT molecular complexity index is 573. The first-order valence-corrected chi connectivity index (χ1v) is 4.95. The molecule has 94 valence electrons. The van der Waals surface area contributed by atoms with Gasteiger partial charge in [0.05, 0.1) is 23.8 Å². The third-order valence-corrected chi connectivity index (χ3v) is 2.16. The van der Waals surface area contributed by atoms with Crippen LogP contribution >= 0.6 is 0 Å². The maximum atomic E-state index is 4.77. The quantitative estimate of drug-likeness (QED) is 0.651. The fourth-order valence-corrected chi connectivity index (χ4v) is 1.36. The van der Waals surface area contributed by atoms with Crippen LogP contribution < -0.4 is 0 Å². The Balaban J connectivity index is 1.95. The van der Waals surface area contributed by atoms with Crippen LogP contribution in [0.3, 0.4) is 0 Å². The molecule has 0 fully saturated rings. The molecule has 0 radical (unpaired) electrons. The molecule has 0 aliphatic carbocycles. The molecule has 8 heteroatoms. The average Bonchev–Trinajstić information content (AvgIpc) is 2.49. The maximum absolute atomic E-state index is 4.77. The van der Waals surface area contributed by atoms with E-state index < -0.39 is 0 Å². The number of benzene rings is 1. The summed E-state index contributed by atoms with van der Waals surface area (Å²) in [4.78, 5) is 0. The fourth-order valence-electron chi connectivity index (χ4n) is 1.36. The van der Waals surface area contributed by atoms with Gasteiger partial charge in [-0.1, -0.05) is 9.47 Å². The molecule has 0 bridgehead atoms. The van der Waals surface area contributed by atoms with Crippen molar-refractivity contribution in [3.63, 3.8) is 0 Å². The first kappa shape index (κ1) is 10.3. The topological polar surface area (TPSA) is 88.7 Å².